The van der Waals surface area contributed by atoms with E-state index in [0.29, 0.717) is 18.5 Å². The molecule has 0 aromatic heterocycles. The fourth-order valence-corrected chi connectivity index (χ4v) is 2.84. The van der Waals surface area contributed by atoms with Gasteiger partial charge in [-0.15, -0.1) is 0 Å². The highest BCUT2D eigenvalue weighted by atomic mass is 16.3. The lowest BCUT2D eigenvalue weighted by Gasteiger charge is -2.32. The van der Waals surface area contributed by atoms with Gasteiger partial charge in [0.05, 0.1) is 6.10 Å². The SMILES string of the molecule is CC(C)C(O)CCNC(=O)c1cccc(CN2CCN(C)CC2)c1. The number of amides is 1. The van der Waals surface area contributed by atoms with Crippen LogP contribution in [0, 0.1) is 5.92 Å². The second kappa shape index (κ2) is 9.16. The molecular weight excluding hydrogens is 302 g/mol. The minimum absolute atomic E-state index is 0.0637. The van der Waals surface area contributed by atoms with E-state index in [1.807, 2.05) is 32.0 Å². The summed E-state index contributed by atoms with van der Waals surface area (Å²) in [5.74, 6) is 0.153. The fourth-order valence-electron chi connectivity index (χ4n) is 2.84. The number of carbonyl (C=O) groups excluding carboxylic acids is 1. The van der Waals surface area contributed by atoms with E-state index in [2.05, 4.69) is 28.2 Å². The van der Waals surface area contributed by atoms with Gasteiger partial charge in [-0.25, -0.2) is 0 Å². The molecule has 1 aromatic rings. The third kappa shape index (κ3) is 5.89. The van der Waals surface area contributed by atoms with Gasteiger partial charge >= 0.3 is 0 Å². The Kier molecular flexibility index (Phi) is 7.21. The number of benzene rings is 1. The Hall–Kier alpha value is -1.43. The van der Waals surface area contributed by atoms with Gasteiger partial charge in [0.1, 0.15) is 0 Å². The monoisotopic (exact) mass is 333 g/mol. The van der Waals surface area contributed by atoms with E-state index < -0.39 is 0 Å². The highest BCUT2D eigenvalue weighted by Crippen LogP contribution is 2.11. The molecule has 0 spiro atoms. The number of nitrogens with zero attached hydrogens (tertiary/aromatic N) is 2. The lowest BCUT2D eigenvalue weighted by molar-refractivity contribution is 0.0920. The Morgan fingerprint density at radius 2 is 1.96 bits per heavy atom. The maximum absolute atomic E-state index is 12.3. The predicted octanol–water partition coefficient (Wildman–Crippen LogP) is 1.57. The zero-order valence-corrected chi connectivity index (χ0v) is 15.2. The zero-order chi connectivity index (χ0) is 17.5. The molecule has 1 unspecified atom stereocenters. The van der Waals surface area contributed by atoms with Crippen molar-refractivity contribution in [3.63, 3.8) is 0 Å². The van der Waals surface area contributed by atoms with Crippen molar-refractivity contribution in [1.82, 2.24) is 15.1 Å². The van der Waals surface area contributed by atoms with Crippen LogP contribution in [0.4, 0.5) is 0 Å². The van der Waals surface area contributed by atoms with Crippen molar-refractivity contribution in [2.45, 2.75) is 32.9 Å². The van der Waals surface area contributed by atoms with Crippen molar-refractivity contribution in [1.29, 1.82) is 0 Å². The number of nitrogens with one attached hydrogen (secondary N) is 1. The van der Waals surface area contributed by atoms with E-state index in [9.17, 15) is 9.90 Å². The zero-order valence-electron chi connectivity index (χ0n) is 15.2. The molecule has 1 aliphatic heterocycles. The van der Waals surface area contributed by atoms with Crippen molar-refractivity contribution < 1.29 is 9.90 Å². The molecule has 5 heteroatoms. The third-order valence-electron chi connectivity index (χ3n) is 4.69. The predicted molar refractivity (Wildman–Crippen MR) is 97.0 cm³/mol. The van der Waals surface area contributed by atoms with Crippen molar-refractivity contribution >= 4 is 5.91 Å². The second-order valence-electron chi connectivity index (χ2n) is 7.14. The summed E-state index contributed by atoms with van der Waals surface area (Å²) in [6, 6.07) is 7.86. The number of carbonyl (C=O) groups is 1. The van der Waals surface area contributed by atoms with Gasteiger partial charge in [0, 0.05) is 44.8 Å². The standard InChI is InChI=1S/C19H31N3O2/c1-15(2)18(23)7-8-20-19(24)17-6-4-5-16(13-17)14-22-11-9-21(3)10-12-22/h4-6,13,15,18,23H,7-12,14H2,1-3H3,(H,20,24). The van der Waals surface area contributed by atoms with Crippen LogP contribution < -0.4 is 5.32 Å². The van der Waals surface area contributed by atoms with Gasteiger partial charge in [0.2, 0.25) is 0 Å². The summed E-state index contributed by atoms with van der Waals surface area (Å²) >= 11 is 0. The molecule has 2 rings (SSSR count). The number of aliphatic hydroxyl groups is 1. The van der Waals surface area contributed by atoms with E-state index in [4.69, 9.17) is 0 Å². The molecule has 24 heavy (non-hydrogen) atoms. The Labute approximate surface area is 145 Å². The smallest absolute Gasteiger partial charge is 0.251 e. The van der Waals surface area contributed by atoms with Gasteiger partial charge in [-0.1, -0.05) is 26.0 Å². The Morgan fingerprint density at radius 3 is 2.62 bits per heavy atom. The first kappa shape index (κ1) is 18.9. The number of likely N-dealkylation sites (N-methyl/N-ethyl adjacent to an activating group) is 1. The summed E-state index contributed by atoms with van der Waals surface area (Å²) in [6.45, 7) is 9.68. The van der Waals surface area contributed by atoms with Gasteiger partial charge in [0.25, 0.3) is 5.91 Å². The maximum Gasteiger partial charge on any atom is 0.251 e. The minimum atomic E-state index is -0.367. The molecule has 5 nitrogen and oxygen atoms in total. The molecule has 1 amide bonds. The van der Waals surface area contributed by atoms with Crippen LogP contribution in [0.3, 0.4) is 0 Å². The minimum Gasteiger partial charge on any atom is -0.393 e. The Morgan fingerprint density at radius 1 is 1.25 bits per heavy atom. The summed E-state index contributed by atoms with van der Waals surface area (Å²) in [6.07, 6.45) is 0.221. The average Bonchev–Trinajstić information content (AvgIpc) is 2.57. The summed E-state index contributed by atoms with van der Waals surface area (Å²) in [7, 11) is 2.15. The summed E-state index contributed by atoms with van der Waals surface area (Å²) in [4.78, 5) is 17.0. The first-order chi connectivity index (χ1) is 11.5. The molecule has 0 saturated carbocycles. The van der Waals surface area contributed by atoms with Gasteiger partial charge in [-0.3, -0.25) is 9.69 Å². The lowest BCUT2D eigenvalue weighted by atomic mass is 10.0. The highest BCUT2D eigenvalue weighted by Gasteiger charge is 2.15. The van der Waals surface area contributed by atoms with Crippen LogP contribution in [0.15, 0.2) is 24.3 Å². The molecule has 1 heterocycles. The highest BCUT2D eigenvalue weighted by molar-refractivity contribution is 5.94. The fraction of sp³-hybridized carbons (Fsp3) is 0.632. The summed E-state index contributed by atoms with van der Waals surface area (Å²) in [5, 5.41) is 12.7. The molecule has 1 aliphatic rings. The quantitative estimate of drug-likeness (QED) is 0.795. The number of hydrogen-bond acceptors (Lipinski definition) is 4. The maximum atomic E-state index is 12.3. The molecule has 0 aliphatic carbocycles. The number of piperazine rings is 1. The molecule has 1 aromatic carbocycles. The molecule has 0 bridgehead atoms. The van der Waals surface area contributed by atoms with Gasteiger partial charge in [-0.05, 0) is 37.1 Å². The number of rotatable bonds is 7. The number of aliphatic hydroxyl groups excluding tert-OH is 1. The van der Waals surface area contributed by atoms with Crippen LogP contribution in [-0.2, 0) is 6.54 Å². The topological polar surface area (TPSA) is 55.8 Å². The van der Waals surface area contributed by atoms with Crippen molar-refractivity contribution in [2.75, 3.05) is 39.8 Å². The van der Waals surface area contributed by atoms with Crippen LogP contribution in [-0.4, -0.2) is 66.7 Å². The summed E-state index contributed by atoms with van der Waals surface area (Å²) in [5.41, 5.74) is 1.87. The average molecular weight is 333 g/mol. The molecular formula is C19H31N3O2. The van der Waals surface area contributed by atoms with E-state index in [-0.39, 0.29) is 17.9 Å². The van der Waals surface area contributed by atoms with Crippen LogP contribution in [0.2, 0.25) is 0 Å². The molecule has 0 radical (unpaired) electrons. The van der Waals surface area contributed by atoms with Gasteiger partial charge in [0.15, 0.2) is 0 Å². The Bertz CT molecular complexity index is 525. The third-order valence-corrected chi connectivity index (χ3v) is 4.69. The van der Waals surface area contributed by atoms with Gasteiger partial charge < -0.3 is 15.3 Å². The van der Waals surface area contributed by atoms with Crippen molar-refractivity contribution in [2.24, 2.45) is 5.92 Å². The molecule has 1 fully saturated rings. The van der Waals surface area contributed by atoms with Crippen LogP contribution in [0.25, 0.3) is 0 Å². The second-order valence-corrected chi connectivity index (χ2v) is 7.14. The number of hydrogen-bond donors (Lipinski definition) is 2. The normalized spacial score (nSPS) is 17.9. The first-order valence-electron chi connectivity index (χ1n) is 8.92. The van der Waals surface area contributed by atoms with Gasteiger partial charge in [-0.2, -0.15) is 0 Å². The first-order valence-corrected chi connectivity index (χ1v) is 8.92. The van der Waals surface area contributed by atoms with Crippen LogP contribution >= 0.6 is 0 Å². The largest absolute Gasteiger partial charge is 0.393 e. The van der Waals surface area contributed by atoms with Crippen molar-refractivity contribution in [3.8, 4) is 0 Å². The van der Waals surface area contributed by atoms with E-state index >= 15 is 0 Å². The van der Waals surface area contributed by atoms with E-state index in [0.717, 1.165) is 32.7 Å². The van der Waals surface area contributed by atoms with Crippen molar-refractivity contribution in [3.05, 3.63) is 35.4 Å². The molecule has 1 atom stereocenters. The molecule has 2 N–H and O–H groups in total. The van der Waals surface area contributed by atoms with E-state index in [1.165, 1.54) is 5.56 Å². The van der Waals surface area contributed by atoms with E-state index in [1.54, 1.807) is 0 Å². The van der Waals surface area contributed by atoms with Crippen LogP contribution in [0.1, 0.15) is 36.2 Å². The lowest BCUT2D eigenvalue weighted by Crippen LogP contribution is -2.43. The summed E-state index contributed by atoms with van der Waals surface area (Å²) < 4.78 is 0. The van der Waals surface area contributed by atoms with Crippen LogP contribution in [0.5, 0.6) is 0 Å². The molecule has 134 valence electrons. The molecule has 1 saturated heterocycles. The Balaban J connectivity index is 1.84.